The molecule has 1 aromatic carbocycles. The van der Waals surface area contributed by atoms with Gasteiger partial charge in [0.1, 0.15) is 5.69 Å². The molecule has 2 saturated carbocycles. The molecule has 2 N–H and O–H groups in total. The summed E-state index contributed by atoms with van der Waals surface area (Å²) in [6.07, 6.45) is 11.4. The number of nitrogens with one attached hydrogen (secondary N) is 2. The Morgan fingerprint density at radius 2 is 1.63 bits per heavy atom. The number of benzene rings is 1. The van der Waals surface area contributed by atoms with Crippen LogP contribution in [-0.2, 0) is 25.2 Å². The van der Waals surface area contributed by atoms with Crippen LogP contribution in [0.1, 0.15) is 105 Å². The van der Waals surface area contributed by atoms with Gasteiger partial charge in [-0.15, -0.1) is 0 Å². The molecule has 5 heterocycles. The Morgan fingerprint density at radius 1 is 0.865 bits per heavy atom. The summed E-state index contributed by atoms with van der Waals surface area (Å²) in [5.41, 5.74) is 6.43. The second-order valence-corrected chi connectivity index (χ2v) is 15.2. The Morgan fingerprint density at radius 3 is 2.29 bits per heavy atom. The Bertz CT molecular complexity index is 1950. The van der Waals surface area contributed by atoms with Gasteiger partial charge in [-0.1, -0.05) is 12.1 Å². The highest BCUT2D eigenvalue weighted by Crippen LogP contribution is 2.49. The predicted molar refractivity (Wildman–Crippen MR) is 198 cm³/mol. The van der Waals surface area contributed by atoms with Crippen molar-refractivity contribution < 1.29 is 14.4 Å². The molecule has 12 nitrogen and oxygen atoms in total. The number of pyridine rings is 1. The van der Waals surface area contributed by atoms with Gasteiger partial charge in [0.25, 0.3) is 17.7 Å². The van der Waals surface area contributed by atoms with Crippen molar-refractivity contribution in [2.75, 3.05) is 39.0 Å². The highest BCUT2D eigenvalue weighted by Gasteiger charge is 2.48. The maximum Gasteiger partial charge on any atom is 0.268 e. The first-order valence-corrected chi connectivity index (χ1v) is 18.8. The Kier molecular flexibility index (Phi) is 9.21. The van der Waals surface area contributed by atoms with E-state index in [0.29, 0.717) is 34.2 Å². The molecule has 1 saturated heterocycles. The number of carbonyl (C=O) groups is 3. The summed E-state index contributed by atoms with van der Waals surface area (Å²) in [6.45, 7) is 6.82. The fraction of sp³-hybridized carbons (Fsp3) is 0.475. The number of likely N-dealkylation sites (tertiary alicyclic amines) is 1. The molecule has 0 unspecified atom stereocenters. The van der Waals surface area contributed by atoms with E-state index in [1.54, 1.807) is 31.4 Å². The van der Waals surface area contributed by atoms with E-state index in [4.69, 9.17) is 0 Å². The van der Waals surface area contributed by atoms with Crippen LogP contribution in [-0.4, -0.2) is 91.5 Å². The lowest BCUT2D eigenvalue weighted by Gasteiger charge is -2.53. The van der Waals surface area contributed by atoms with Crippen LogP contribution < -0.4 is 10.6 Å². The molecule has 0 bridgehead atoms. The summed E-state index contributed by atoms with van der Waals surface area (Å²) in [5, 5.41) is 10.6. The second kappa shape index (κ2) is 14.0. The van der Waals surface area contributed by atoms with Crippen molar-refractivity contribution >= 4 is 23.4 Å². The van der Waals surface area contributed by atoms with Gasteiger partial charge in [0.2, 0.25) is 0 Å². The topological polar surface area (TPSA) is 121 Å². The van der Waals surface area contributed by atoms with Crippen LogP contribution in [0, 0.1) is 6.92 Å². The van der Waals surface area contributed by atoms with E-state index >= 15 is 0 Å². The lowest BCUT2D eigenvalue weighted by molar-refractivity contribution is -0.0217. The number of carbonyl (C=O) groups excluding carboxylic acids is 3. The minimum absolute atomic E-state index is 0.00419. The van der Waals surface area contributed by atoms with Crippen LogP contribution in [0.15, 0.2) is 60.9 Å². The van der Waals surface area contributed by atoms with E-state index in [1.165, 1.54) is 24.1 Å². The van der Waals surface area contributed by atoms with Crippen molar-refractivity contribution in [3.63, 3.8) is 0 Å². The minimum Gasteiger partial charge on any atom is -0.345 e. The van der Waals surface area contributed by atoms with E-state index in [2.05, 4.69) is 53.3 Å². The van der Waals surface area contributed by atoms with Crippen molar-refractivity contribution in [3.05, 3.63) is 100 Å². The number of piperidine rings is 1. The third kappa shape index (κ3) is 6.54. The molecule has 0 atom stereocenters. The van der Waals surface area contributed by atoms with E-state index in [1.807, 2.05) is 41.9 Å². The molecule has 3 amide bonds. The number of hydrogen-bond donors (Lipinski definition) is 2. The molecule has 52 heavy (non-hydrogen) atoms. The number of amides is 3. The van der Waals surface area contributed by atoms with Crippen LogP contribution in [0.5, 0.6) is 0 Å². The van der Waals surface area contributed by atoms with Crippen LogP contribution in [0.2, 0.25) is 0 Å². The monoisotopic (exact) mass is 703 g/mol. The second-order valence-electron chi connectivity index (χ2n) is 15.2. The number of rotatable bonds is 10. The quantitative estimate of drug-likeness (QED) is 0.240. The normalized spacial score (nSPS) is 18.8. The Hall–Kier alpha value is -4.81. The van der Waals surface area contributed by atoms with Gasteiger partial charge in [-0.05, 0) is 93.8 Å². The zero-order valence-corrected chi connectivity index (χ0v) is 30.5. The van der Waals surface area contributed by atoms with Crippen molar-refractivity contribution in [1.82, 2.24) is 39.3 Å². The zero-order chi connectivity index (χ0) is 36.0. The molecule has 1 spiro atoms. The fourth-order valence-corrected chi connectivity index (χ4v) is 8.47. The van der Waals surface area contributed by atoms with Gasteiger partial charge in [0.05, 0.1) is 47.5 Å². The molecule has 272 valence electrons. The predicted octanol–water partition coefficient (Wildman–Crippen LogP) is 4.97. The Balaban J connectivity index is 0.857. The summed E-state index contributed by atoms with van der Waals surface area (Å²) in [4.78, 5) is 50.3. The highest BCUT2D eigenvalue weighted by atomic mass is 16.2. The van der Waals surface area contributed by atoms with E-state index in [9.17, 15) is 14.4 Å². The maximum absolute atomic E-state index is 13.5. The molecule has 2 aliphatic carbocycles. The van der Waals surface area contributed by atoms with E-state index in [-0.39, 0.29) is 29.8 Å². The zero-order valence-electron chi connectivity index (χ0n) is 30.5. The lowest BCUT2D eigenvalue weighted by Crippen LogP contribution is -2.56. The molecule has 2 aliphatic heterocycles. The van der Waals surface area contributed by atoms with Gasteiger partial charge in [-0.25, -0.2) is 0 Å². The number of anilines is 1. The third-order valence-corrected chi connectivity index (χ3v) is 11.8. The lowest BCUT2D eigenvalue weighted by atomic mass is 9.71. The standard InChI is InChI=1S/C40H49N9O3/c1-27-34(25-43-49(27)33-15-19-46(20-16-33)32-11-12-32)37(50)44-31-10-9-30(41-24-31)23-42-38(51)35-13-14-36-40(17-4-18-40)47(21-22-48(35)36)26-28-5-7-29(8-6-28)39(52)45(2)3/h5-10,13-14,24-25,32-33H,4,11-12,15-23,26H2,1-3H3,(H,42,51)(H,44,50). The SMILES string of the molecule is Cc1c(C(=O)Nc2ccc(CNC(=O)c3ccc4n3CCN(Cc3ccc(C(=O)N(C)C)cc3)C43CCC3)nc2)cnn1C1CCN(C2CC2)CC1. The van der Waals surface area contributed by atoms with Gasteiger partial charge in [-0.2, -0.15) is 5.10 Å². The summed E-state index contributed by atoms with van der Waals surface area (Å²) in [5.74, 6) is -0.318. The van der Waals surface area contributed by atoms with Gasteiger partial charge >= 0.3 is 0 Å². The molecule has 3 aromatic heterocycles. The van der Waals surface area contributed by atoms with Crippen molar-refractivity contribution in [1.29, 1.82) is 0 Å². The van der Waals surface area contributed by atoms with Gasteiger partial charge in [0, 0.05) is 69.8 Å². The molecule has 4 aliphatic rings. The largest absolute Gasteiger partial charge is 0.345 e. The van der Waals surface area contributed by atoms with Crippen LogP contribution >= 0.6 is 0 Å². The van der Waals surface area contributed by atoms with Crippen molar-refractivity contribution in [2.45, 2.75) is 89.1 Å². The van der Waals surface area contributed by atoms with Gasteiger partial charge in [0.15, 0.2) is 0 Å². The number of aromatic nitrogens is 4. The summed E-state index contributed by atoms with van der Waals surface area (Å²) in [6, 6.07) is 16.8. The first-order valence-electron chi connectivity index (χ1n) is 18.8. The number of hydrogen-bond acceptors (Lipinski definition) is 7. The van der Waals surface area contributed by atoms with Gasteiger partial charge < -0.3 is 25.0 Å². The van der Waals surface area contributed by atoms with E-state index in [0.717, 1.165) is 76.6 Å². The molecular weight excluding hydrogens is 654 g/mol. The smallest absolute Gasteiger partial charge is 0.268 e. The number of nitrogens with zero attached hydrogens (tertiary/aromatic N) is 7. The molecule has 8 rings (SSSR count). The molecule has 3 fully saturated rings. The first kappa shape index (κ1) is 34.3. The fourth-order valence-electron chi connectivity index (χ4n) is 8.47. The van der Waals surface area contributed by atoms with Gasteiger partial charge in [-0.3, -0.25) is 28.9 Å². The first-order chi connectivity index (χ1) is 25.2. The van der Waals surface area contributed by atoms with Crippen LogP contribution in [0.25, 0.3) is 0 Å². The molecule has 0 radical (unpaired) electrons. The average Bonchev–Trinajstić information content (AvgIpc) is 3.78. The van der Waals surface area contributed by atoms with Crippen molar-refractivity contribution in [2.24, 2.45) is 0 Å². The number of fused-ring (bicyclic) bond motifs is 2. The summed E-state index contributed by atoms with van der Waals surface area (Å²) in [7, 11) is 3.53. The van der Waals surface area contributed by atoms with E-state index < -0.39 is 0 Å². The molecule has 12 heteroatoms. The molecule has 4 aromatic rings. The third-order valence-electron chi connectivity index (χ3n) is 11.8. The molecular formula is C40H49N9O3. The van der Waals surface area contributed by atoms with Crippen molar-refractivity contribution in [3.8, 4) is 0 Å². The minimum atomic E-state index is -0.197. The maximum atomic E-state index is 13.5. The van der Waals surface area contributed by atoms with Crippen LogP contribution in [0.3, 0.4) is 0 Å². The summed E-state index contributed by atoms with van der Waals surface area (Å²) < 4.78 is 4.22. The average molecular weight is 704 g/mol. The Labute approximate surface area is 305 Å². The summed E-state index contributed by atoms with van der Waals surface area (Å²) >= 11 is 0. The van der Waals surface area contributed by atoms with Crippen LogP contribution in [0.4, 0.5) is 5.69 Å². The highest BCUT2D eigenvalue weighted by molar-refractivity contribution is 6.04.